The van der Waals surface area contributed by atoms with Crippen molar-refractivity contribution >= 4 is 11.9 Å². The number of carbonyl (C=O) groups excluding carboxylic acids is 1. The molecule has 0 saturated heterocycles. The predicted octanol–water partition coefficient (Wildman–Crippen LogP) is 3.37. The molecule has 0 fully saturated rings. The first-order valence-corrected chi connectivity index (χ1v) is 8.10. The molecular weight excluding hydrogens is 302 g/mol. The Balaban J connectivity index is 2.30. The van der Waals surface area contributed by atoms with E-state index in [2.05, 4.69) is 0 Å². The molecule has 0 bridgehead atoms. The Hall–Kier alpha value is -2.62. The fourth-order valence-electron chi connectivity index (χ4n) is 2.62. The van der Waals surface area contributed by atoms with E-state index < -0.39 is 12.0 Å². The minimum atomic E-state index is -0.983. The van der Waals surface area contributed by atoms with Crippen molar-refractivity contribution in [2.24, 2.45) is 5.92 Å². The van der Waals surface area contributed by atoms with Crippen molar-refractivity contribution in [3.8, 4) is 0 Å². The normalized spacial score (nSPS) is 12.0. The van der Waals surface area contributed by atoms with Crippen LogP contribution in [-0.2, 0) is 22.6 Å². The van der Waals surface area contributed by atoms with Crippen LogP contribution in [0.2, 0.25) is 0 Å². The van der Waals surface area contributed by atoms with Gasteiger partial charge in [0, 0.05) is 18.9 Å². The zero-order valence-corrected chi connectivity index (χ0v) is 14.1. The average Bonchev–Trinajstić information content (AvgIpc) is 2.59. The monoisotopic (exact) mass is 325 g/mol. The van der Waals surface area contributed by atoms with Gasteiger partial charge >= 0.3 is 5.97 Å². The van der Waals surface area contributed by atoms with Crippen molar-refractivity contribution in [1.82, 2.24) is 4.90 Å². The lowest BCUT2D eigenvalue weighted by atomic mass is 10.0. The molecule has 2 rings (SSSR count). The fraction of sp³-hybridized carbons (Fsp3) is 0.300. The van der Waals surface area contributed by atoms with E-state index in [1.165, 1.54) is 4.90 Å². The van der Waals surface area contributed by atoms with Crippen molar-refractivity contribution < 1.29 is 14.7 Å². The van der Waals surface area contributed by atoms with Gasteiger partial charge in [-0.05, 0) is 11.1 Å². The Morgan fingerprint density at radius 3 is 1.88 bits per heavy atom. The summed E-state index contributed by atoms with van der Waals surface area (Å²) in [6, 6.07) is 18.0. The number of hydrogen-bond acceptors (Lipinski definition) is 2. The number of hydrogen-bond donors (Lipinski definition) is 1. The van der Waals surface area contributed by atoms with Crippen molar-refractivity contribution in [3.05, 3.63) is 71.8 Å². The third-order valence-electron chi connectivity index (χ3n) is 3.91. The van der Waals surface area contributed by atoms with Gasteiger partial charge in [0.1, 0.15) is 6.04 Å². The molecule has 0 heterocycles. The van der Waals surface area contributed by atoms with Gasteiger partial charge in [0.2, 0.25) is 5.91 Å². The maximum absolute atomic E-state index is 12.6. The third-order valence-corrected chi connectivity index (χ3v) is 3.91. The van der Waals surface area contributed by atoms with Gasteiger partial charge in [0.25, 0.3) is 0 Å². The molecular formula is C20H23NO3. The molecule has 1 amide bonds. The van der Waals surface area contributed by atoms with Gasteiger partial charge in [-0.1, -0.05) is 74.5 Å². The van der Waals surface area contributed by atoms with E-state index in [0.29, 0.717) is 13.0 Å². The molecule has 2 aromatic carbocycles. The Morgan fingerprint density at radius 2 is 1.42 bits per heavy atom. The van der Waals surface area contributed by atoms with Gasteiger partial charge in [0.15, 0.2) is 0 Å². The Kier molecular flexibility index (Phi) is 6.13. The van der Waals surface area contributed by atoms with Crippen molar-refractivity contribution in [2.75, 3.05) is 0 Å². The van der Waals surface area contributed by atoms with Gasteiger partial charge in [-0.2, -0.15) is 0 Å². The summed E-state index contributed by atoms with van der Waals surface area (Å²) < 4.78 is 0. The number of carboxylic acids is 1. The average molecular weight is 325 g/mol. The van der Waals surface area contributed by atoms with E-state index in [1.54, 1.807) is 13.8 Å². The number of benzene rings is 2. The molecule has 0 aromatic heterocycles. The largest absolute Gasteiger partial charge is 0.480 e. The molecule has 2 aromatic rings. The highest BCUT2D eigenvalue weighted by Gasteiger charge is 2.31. The summed E-state index contributed by atoms with van der Waals surface area (Å²) in [5, 5.41) is 9.72. The lowest BCUT2D eigenvalue weighted by Crippen LogP contribution is -2.47. The Morgan fingerprint density at radius 1 is 0.917 bits per heavy atom. The van der Waals surface area contributed by atoms with Gasteiger partial charge in [-0.25, -0.2) is 4.79 Å². The molecule has 24 heavy (non-hydrogen) atoms. The Bertz CT molecular complexity index is 668. The topological polar surface area (TPSA) is 57.6 Å². The maximum Gasteiger partial charge on any atom is 0.326 e. The molecule has 0 aliphatic rings. The molecule has 4 heteroatoms. The lowest BCUT2D eigenvalue weighted by molar-refractivity contribution is -0.152. The van der Waals surface area contributed by atoms with Gasteiger partial charge in [0.05, 0.1) is 0 Å². The van der Waals surface area contributed by atoms with Crippen LogP contribution >= 0.6 is 0 Å². The van der Waals surface area contributed by atoms with Gasteiger partial charge in [-0.15, -0.1) is 0 Å². The van der Waals surface area contributed by atoms with Crippen LogP contribution in [0, 0.1) is 5.92 Å². The number of carboxylic acid groups (broad SMARTS) is 1. The lowest BCUT2D eigenvalue weighted by Gasteiger charge is -2.31. The summed E-state index contributed by atoms with van der Waals surface area (Å²) in [5.74, 6) is -1.39. The SMILES string of the molecule is CC(C)C(=O)N(Cc1ccccc1)C(Cc1ccccc1)C(=O)O. The molecule has 0 saturated carbocycles. The molecule has 0 aliphatic carbocycles. The molecule has 0 spiro atoms. The van der Waals surface area contributed by atoms with E-state index in [1.807, 2.05) is 60.7 Å². The quantitative estimate of drug-likeness (QED) is 0.849. The smallest absolute Gasteiger partial charge is 0.326 e. The van der Waals surface area contributed by atoms with Crippen LogP contribution in [0.4, 0.5) is 0 Å². The molecule has 0 radical (unpaired) electrons. The van der Waals surface area contributed by atoms with E-state index in [0.717, 1.165) is 11.1 Å². The summed E-state index contributed by atoms with van der Waals surface area (Å²) in [6.07, 6.45) is 0.293. The highest BCUT2D eigenvalue weighted by Crippen LogP contribution is 2.17. The number of rotatable bonds is 7. The molecule has 1 N–H and O–H groups in total. The van der Waals surface area contributed by atoms with E-state index >= 15 is 0 Å². The molecule has 126 valence electrons. The maximum atomic E-state index is 12.6. The summed E-state index contributed by atoms with van der Waals surface area (Å²) in [4.78, 5) is 26.0. The fourth-order valence-corrected chi connectivity index (χ4v) is 2.62. The number of carbonyl (C=O) groups is 2. The molecule has 1 atom stereocenters. The summed E-state index contributed by atoms with van der Waals surface area (Å²) in [6.45, 7) is 3.88. The molecule has 1 unspecified atom stereocenters. The van der Waals surface area contributed by atoms with Crippen molar-refractivity contribution in [3.63, 3.8) is 0 Å². The first-order chi connectivity index (χ1) is 11.5. The van der Waals surface area contributed by atoms with Crippen LogP contribution in [0.15, 0.2) is 60.7 Å². The minimum Gasteiger partial charge on any atom is -0.480 e. The van der Waals surface area contributed by atoms with Gasteiger partial charge in [-0.3, -0.25) is 4.79 Å². The Labute approximate surface area is 142 Å². The van der Waals surface area contributed by atoms with E-state index in [4.69, 9.17) is 0 Å². The second-order valence-electron chi connectivity index (χ2n) is 6.15. The van der Waals surface area contributed by atoms with Crippen LogP contribution in [0.3, 0.4) is 0 Å². The highest BCUT2D eigenvalue weighted by atomic mass is 16.4. The van der Waals surface area contributed by atoms with Crippen molar-refractivity contribution in [1.29, 1.82) is 0 Å². The third kappa shape index (κ3) is 4.69. The summed E-state index contributed by atoms with van der Waals surface area (Å²) in [5.41, 5.74) is 1.82. The second-order valence-corrected chi connectivity index (χ2v) is 6.15. The van der Waals surface area contributed by atoms with E-state index in [-0.39, 0.29) is 11.8 Å². The van der Waals surface area contributed by atoms with E-state index in [9.17, 15) is 14.7 Å². The zero-order valence-electron chi connectivity index (χ0n) is 14.1. The predicted molar refractivity (Wildman–Crippen MR) is 93.4 cm³/mol. The number of amides is 1. The summed E-state index contributed by atoms with van der Waals surface area (Å²) >= 11 is 0. The second kappa shape index (κ2) is 8.29. The molecule has 0 aliphatic heterocycles. The zero-order chi connectivity index (χ0) is 17.5. The van der Waals surface area contributed by atoms with Crippen LogP contribution in [0.25, 0.3) is 0 Å². The molecule has 4 nitrogen and oxygen atoms in total. The number of nitrogens with zero attached hydrogens (tertiary/aromatic N) is 1. The first-order valence-electron chi connectivity index (χ1n) is 8.10. The standard InChI is InChI=1S/C20H23NO3/c1-15(2)19(22)21(14-17-11-7-4-8-12-17)18(20(23)24)13-16-9-5-3-6-10-16/h3-12,15,18H,13-14H2,1-2H3,(H,23,24). The van der Waals surface area contributed by atoms with Gasteiger partial charge < -0.3 is 10.0 Å². The van der Waals surface area contributed by atoms with Crippen LogP contribution < -0.4 is 0 Å². The first kappa shape index (κ1) is 17.7. The van der Waals surface area contributed by atoms with Crippen LogP contribution in [0.5, 0.6) is 0 Å². The van der Waals surface area contributed by atoms with Crippen molar-refractivity contribution in [2.45, 2.75) is 32.9 Å². The van der Waals surface area contributed by atoms with Crippen LogP contribution in [0.1, 0.15) is 25.0 Å². The minimum absolute atomic E-state index is 0.151. The number of aliphatic carboxylic acids is 1. The highest BCUT2D eigenvalue weighted by molar-refractivity contribution is 5.85. The van der Waals surface area contributed by atoms with Crippen LogP contribution in [-0.4, -0.2) is 27.9 Å². The summed E-state index contributed by atoms with van der Waals surface area (Å²) in [7, 11) is 0.